The number of amides is 3. The fourth-order valence-corrected chi connectivity index (χ4v) is 2.86. The number of nitrogens with one attached hydrogen (secondary N) is 3. The van der Waals surface area contributed by atoms with Crippen molar-refractivity contribution in [2.45, 2.75) is 20.8 Å². The maximum atomic E-state index is 11.9. The minimum absolute atomic E-state index is 0.0465. The molecule has 2 aromatic rings. The molecule has 0 aliphatic carbocycles. The molecule has 1 aromatic heterocycles. The van der Waals surface area contributed by atoms with Gasteiger partial charge in [0.25, 0.3) is 5.91 Å². The van der Waals surface area contributed by atoms with Crippen LogP contribution in [0, 0.1) is 20.8 Å². The summed E-state index contributed by atoms with van der Waals surface area (Å²) in [5, 5.41) is 2.77. The second-order valence-electron chi connectivity index (χ2n) is 5.74. The van der Waals surface area contributed by atoms with Crippen molar-refractivity contribution >= 4 is 35.2 Å². The van der Waals surface area contributed by atoms with E-state index >= 15 is 0 Å². The topological polar surface area (TPSA) is 100 Å². The third-order valence-corrected chi connectivity index (χ3v) is 4.30. The molecule has 0 aliphatic heterocycles. The highest BCUT2D eigenvalue weighted by molar-refractivity contribution is 8.00. The van der Waals surface area contributed by atoms with Crippen molar-refractivity contribution < 1.29 is 18.8 Å². The lowest BCUT2D eigenvalue weighted by molar-refractivity contribution is -0.119. The van der Waals surface area contributed by atoms with Crippen LogP contribution in [-0.2, 0) is 9.59 Å². The Bertz CT molecular complexity index is 817. The molecule has 0 spiro atoms. The number of carbonyl (C=O) groups excluding carboxylic acids is 3. The third-order valence-electron chi connectivity index (χ3n) is 3.37. The van der Waals surface area contributed by atoms with Crippen LogP contribution in [0.3, 0.4) is 0 Å². The molecule has 0 saturated heterocycles. The van der Waals surface area contributed by atoms with E-state index in [4.69, 9.17) is 4.42 Å². The smallest absolute Gasteiger partial charge is 0.273 e. The minimum Gasteiger partial charge on any atom is -0.466 e. The van der Waals surface area contributed by atoms with Crippen LogP contribution in [0.15, 0.2) is 34.7 Å². The van der Waals surface area contributed by atoms with Gasteiger partial charge >= 0.3 is 0 Å². The normalized spacial score (nSPS) is 10.3. The molecule has 7 nitrogen and oxygen atoms in total. The molecule has 2 rings (SSSR count). The first-order valence-electron chi connectivity index (χ1n) is 7.95. The van der Waals surface area contributed by atoms with Crippen molar-refractivity contribution in [1.82, 2.24) is 10.9 Å². The zero-order valence-electron chi connectivity index (χ0n) is 14.8. The predicted octanol–water partition coefficient (Wildman–Crippen LogP) is 2.34. The lowest BCUT2D eigenvalue weighted by Crippen LogP contribution is -2.42. The summed E-state index contributed by atoms with van der Waals surface area (Å²) in [6.07, 6.45) is 0. The van der Waals surface area contributed by atoms with Crippen molar-refractivity contribution in [2.24, 2.45) is 0 Å². The first-order chi connectivity index (χ1) is 12.3. The number of furan rings is 1. The fourth-order valence-electron chi connectivity index (χ4n) is 2.24. The Labute approximate surface area is 155 Å². The molecule has 8 heteroatoms. The van der Waals surface area contributed by atoms with Gasteiger partial charge in [0.2, 0.25) is 11.8 Å². The summed E-state index contributed by atoms with van der Waals surface area (Å²) in [5.41, 5.74) is 6.78. The van der Waals surface area contributed by atoms with Crippen molar-refractivity contribution in [2.75, 3.05) is 16.8 Å². The number of hydrazine groups is 1. The number of aryl methyl sites for hydroxylation is 3. The van der Waals surface area contributed by atoms with Gasteiger partial charge in [-0.3, -0.25) is 25.2 Å². The lowest BCUT2D eigenvalue weighted by Gasteiger charge is -2.07. The molecular formula is C18H21N3O4S. The number of benzene rings is 1. The van der Waals surface area contributed by atoms with Crippen molar-refractivity contribution in [1.29, 1.82) is 0 Å². The third kappa shape index (κ3) is 5.96. The minimum atomic E-state index is -0.449. The van der Waals surface area contributed by atoms with Crippen molar-refractivity contribution in [3.8, 4) is 0 Å². The Hall–Kier alpha value is -2.74. The Kier molecular flexibility index (Phi) is 6.85. The van der Waals surface area contributed by atoms with Gasteiger partial charge in [0.05, 0.1) is 17.1 Å². The average Bonchev–Trinajstić information content (AvgIpc) is 2.91. The van der Waals surface area contributed by atoms with Crippen LogP contribution in [-0.4, -0.2) is 29.2 Å². The molecule has 138 valence electrons. The van der Waals surface area contributed by atoms with E-state index in [1.54, 1.807) is 26.0 Å². The van der Waals surface area contributed by atoms with Gasteiger partial charge in [-0.1, -0.05) is 12.1 Å². The highest BCUT2D eigenvalue weighted by Gasteiger charge is 2.14. The SMILES string of the molecule is Cc1cccc(NC(=O)CSCC(=O)NNC(=O)c2cc(C)oc2C)c1. The number of hydrogen-bond acceptors (Lipinski definition) is 5. The van der Waals surface area contributed by atoms with Crippen LogP contribution in [0.4, 0.5) is 5.69 Å². The Balaban J connectivity index is 1.68. The van der Waals surface area contributed by atoms with Crippen molar-refractivity contribution in [3.63, 3.8) is 0 Å². The molecule has 0 saturated carbocycles. The summed E-state index contributed by atoms with van der Waals surface area (Å²) in [6, 6.07) is 9.07. The van der Waals surface area contributed by atoms with Crippen LogP contribution in [0.25, 0.3) is 0 Å². The molecule has 0 radical (unpaired) electrons. The monoisotopic (exact) mass is 375 g/mol. The molecule has 1 aromatic carbocycles. The number of anilines is 1. The summed E-state index contributed by atoms with van der Waals surface area (Å²) in [4.78, 5) is 35.5. The van der Waals surface area contributed by atoms with Crippen LogP contribution >= 0.6 is 11.8 Å². The van der Waals surface area contributed by atoms with E-state index in [2.05, 4.69) is 16.2 Å². The van der Waals surface area contributed by atoms with Crippen LogP contribution in [0.2, 0.25) is 0 Å². The Morgan fingerprint density at radius 1 is 1.00 bits per heavy atom. The van der Waals surface area contributed by atoms with E-state index in [0.717, 1.165) is 23.0 Å². The standard InChI is InChI=1S/C18H21N3O4S/c1-11-5-4-6-14(7-11)19-16(22)9-26-10-17(23)20-21-18(24)15-8-12(2)25-13(15)3/h4-8H,9-10H2,1-3H3,(H,19,22)(H,20,23)(H,21,24). The number of carbonyl (C=O) groups is 3. The van der Waals surface area contributed by atoms with Gasteiger partial charge in [0, 0.05) is 5.69 Å². The Morgan fingerprint density at radius 2 is 1.73 bits per heavy atom. The van der Waals surface area contributed by atoms with Gasteiger partial charge in [-0.25, -0.2) is 0 Å². The number of thioether (sulfide) groups is 1. The highest BCUT2D eigenvalue weighted by Crippen LogP contribution is 2.13. The second kappa shape index (κ2) is 9.10. The van der Waals surface area contributed by atoms with E-state index in [9.17, 15) is 14.4 Å². The first-order valence-corrected chi connectivity index (χ1v) is 9.11. The van der Waals surface area contributed by atoms with Crippen LogP contribution in [0.5, 0.6) is 0 Å². The molecular weight excluding hydrogens is 354 g/mol. The van der Waals surface area contributed by atoms with Gasteiger partial charge in [0.1, 0.15) is 11.5 Å². The molecule has 0 fully saturated rings. The maximum absolute atomic E-state index is 11.9. The van der Waals surface area contributed by atoms with E-state index < -0.39 is 11.8 Å². The van der Waals surface area contributed by atoms with Crippen LogP contribution < -0.4 is 16.2 Å². The summed E-state index contributed by atoms with van der Waals surface area (Å²) < 4.78 is 5.27. The molecule has 0 unspecified atom stereocenters. The molecule has 26 heavy (non-hydrogen) atoms. The fraction of sp³-hybridized carbons (Fsp3) is 0.278. The van der Waals surface area contributed by atoms with E-state index in [1.807, 2.05) is 25.1 Å². The average molecular weight is 375 g/mol. The van der Waals surface area contributed by atoms with Crippen molar-refractivity contribution in [3.05, 3.63) is 53.0 Å². The first kappa shape index (κ1) is 19.6. The molecule has 0 atom stereocenters. The molecule has 3 amide bonds. The van der Waals surface area contributed by atoms with E-state index in [1.165, 1.54) is 0 Å². The van der Waals surface area contributed by atoms with Gasteiger partial charge in [-0.15, -0.1) is 11.8 Å². The molecule has 3 N–H and O–H groups in total. The summed E-state index contributed by atoms with van der Waals surface area (Å²) in [5.74, 6) is 0.243. The van der Waals surface area contributed by atoms with Gasteiger partial charge < -0.3 is 9.73 Å². The van der Waals surface area contributed by atoms with Gasteiger partial charge in [-0.05, 0) is 44.5 Å². The van der Waals surface area contributed by atoms with E-state index in [-0.39, 0.29) is 17.4 Å². The molecule has 0 bridgehead atoms. The number of rotatable bonds is 6. The highest BCUT2D eigenvalue weighted by atomic mass is 32.2. The quantitative estimate of drug-likeness (QED) is 0.673. The summed E-state index contributed by atoms with van der Waals surface area (Å²) in [6.45, 7) is 5.35. The van der Waals surface area contributed by atoms with Gasteiger partial charge in [-0.2, -0.15) is 0 Å². The second-order valence-corrected chi connectivity index (χ2v) is 6.73. The molecule has 1 heterocycles. The zero-order chi connectivity index (χ0) is 19.1. The largest absolute Gasteiger partial charge is 0.466 e. The summed E-state index contributed by atoms with van der Waals surface area (Å²) >= 11 is 1.15. The van der Waals surface area contributed by atoms with E-state index in [0.29, 0.717) is 17.1 Å². The number of hydrogen-bond donors (Lipinski definition) is 3. The maximum Gasteiger partial charge on any atom is 0.273 e. The Morgan fingerprint density at radius 3 is 2.38 bits per heavy atom. The van der Waals surface area contributed by atoms with Crippen LogP contribution in [0.1, 0.15) is 27.4 Å². The zero-order valence-corrected chi connectivity index (χ0v) is 15.7. The predicted molar refractivity (Wildman–Crippen MR) is 101 cm³/mol. The van der Waals surface area contributed by atoms with Gasteiger partial charge in [0.15, 0.2) is 0 Å². The molecule has 0 aliphatic rings. The lowest BCUT2D eigenvalue weighted by atomic mass is 10.2. The summed E-state index contributed by atoms with van der Waals surface area (Å²) in [7, 11) is 0.